The highest BCUT2D eigenvalue weighted by Crippen LogP contribution is 2.44. The second-order valence-corrected chi connectivity index (χ2v) is 8.67. The molecule has 0 heterocycles. The summed E-state index contributed by atoms with van der Waals surface area (Å²) in [5.41, 5.74) is 5.30. The third-order valence-electron chi connectivity index (χ3n) is 5.83. The van der Waals surface area contributed by atoms with Crippen LogP contribution in [0.4, 0.5) is 10.5 Å². The van der Waals surface area contributed by atoms with Crippen LogP contribution < -0.4 is 21.7 Å². The quantitative estimate of drug-likeness (QED) is 0.245. The van der Waals surface area contributed by atoms with Crippen LogP contribution in [0.1, 0.15) is 57.9 Å². The van der Waals surface area contributed by atoms with Gasteiger partial charge >= 0.3 is 6.03 Å². The minimum atomic E-state index is -1.06. The Morgan fingerprint density at radius 1 is 1.12 bits per heavy atom. The van der Waals surface area contributed by atoms with Crippen LogP contribution >= 0.6 is 0 Å². The molecule has 0 aliphatic heterocycles. The highest BCUT2D eigenvalue weighted by Gasteiger charge is 2.50. The number of anilines is 1. The van der Waals surface area contributed by atoms with Gasteiger partial charge in [0.1, 0.15) is 11.2 Å². The lowest BCUT2D eigenvalue weighted by atomic mass is 9.63. The van der Waals surface area contributed by atoms with Crippen molar-refractivity contribution in [2.24, 2.45) is 17.1 Å². The number of hydrogen-bond acceptors (Lipinski definition) is 5. The van der Waals surface area contributed by atoms with Gasteiger partial charge in [0, 0.05) is 30.6 Å². The Balaban J connectivity index is 2.10. The molecule has 1 aromatic carbocycles. The zero-order chi connectivity index (χ0) is 23.7. The molecule has 1 fully saturated rings. The monoisotopic (exact) mass is 446 g/mol. The molecule has 1 aliphatic carbocycles. The summed E-state index contributed by atoms with van der Waals surface area (Å²) in [7, 11) is 0. The van der Waals surface area contributed by atoms with Crippen molar-refractivity contribution in [1.29, 1.82) is 0 Å². The fourth-order valence-corrected chi connectivity index (χ4v) is 3.81. The molecule has 0 saturated heterocycles. The summed E-state index contributed by atoms with van der Waals surface area (Å²) < 4.78 is 0. The molecule has 0 bridgehead atoms. The van der Waals surface area contributed by atoms with Gasteiger partial charge in [-0.3, -0.25) is 14.4 Å². The number of carbonyl (C=O) groups excluding carboxylic acids is 4. The number of rotatable bonds is 12. The number of nitrogens with one attached hydrogen (secondary N) is 3. The maximum Gasteiger partial charge on any atom is 0.312 e. The van der Waals surface area contributed by atoms with Gasteiger partial charge in [-0.1, -0.05) is 18.6 Å². The number of aliphatic hydroxyl groups is 1. The predicted molar refractivity (Wildman–Crippen MR) is 120 cm³/mol. The molecule has 176 valence electrons. The van der Waals surface area contributed by atoms with Crippen molar-refractivity contribution in [2.75, 3.05) is 11.9 Å². The largest absolute Gasteiger partial charge is 0.392 e. The number of primary amides is 1. The average molecular weight is 447 g/mol. The summed E-state index contributed by atoms with van der Waals surface area (Å²) >= 11 is 0. The third-order valence-corrected chi connectivity index (χ3v) is 5.83. The molecule has 32 heavy (non-hydrogen) atoms. The Kier molecular flexibility index (Phi) is 9.19. The van der Waals surface area contributed by atoms with Crippen LogP contribution in [0.3, 0.4) is 0 Å². The smallest absolute Gasteiger partial charge is 0.312 e. The van der Waals surface area contributed by atoms with Gasteiger partial charge in [0.2, 0.25) is 11.8 Å². The number of benzene rings is 1. The third kappa shape index (κ3) is 6.78. The van der Waals surface area contributed by atoms with E-state index < -0.39 is 17.4 Å². The number of aliphatic hydroxyl groups excluding tert-OH is 1. The summed E-state index contributed by atoms with van der Waals surface area (Å²) in [6.45, 7) is 3.88. The number of urea groups is 1. The highest BCUT2D eigenvalue weighted by molar-refractivity contribution is 6.08. The van der Waals surface area contributed by atoms with Crippen LogP contribution in [0.2, 0.25) is 0 Å². The van der Waals surface area contributed by atoms with Crippen LogP contribution in [0.15, 0.2) is 24.3 Å². The van der Waals surface area contributed by atoms with E-state index in [0.717, 1.165) is 12.0 Å². The zero-order valence-electron chi connectivity index (χ0n) is 18.8. The van der Waals surface area contributed by atoms with E-state index in [1.807, 2.05) is 13.8 Å². The van der Waals surface area contributed by atoms with Crippen molar-refractivity contribution < 1.29 is 24.3 Å². The molecule has 0 spiro atoms. The summed E-state index contributed by atoms with van der Waals surface area (Å²) in [5, 5.41) is 17.3. The van der Waals surface area contributed by atoms with Crippen molar-refractivity contribution in [2.45, 2.75) is 65.0 Å². The van der Waals surface area contributed by atoms with Crippen molar-refractivity contribution >= 4 is 29.3 Å². The van der Waals surface area contributed by atoms with Crippen molar-refractivity contribution in [1.82, 2.24) is 10.6 Å². The first-order valence-corrected chi connectivity index (χ1v) is 11.1. The molecule has 1 saturated carbocycles. The Hall–Kier alpha value is -2.94. The summed E-state index contributed by atoms with van der Waals surface area (Å²) in [6.07, 6.45) is 2.54. The fraction of sp³-hybridized carbons (Fsp3) is 0.565. The summed E-state index contributed by atoms with van der Waals surface area (Å²) in [6, 6.07) is 6.04. The highest BCUT2D eigenvalue weighted by atomic mass is 16.3. The Bertz CT molecular complexity index is 818. The minimum absolute atomic E-state index is 0.0529. The maximum absolute atomic E-state index is 13.2. The first kappa shape index (κ1) is 25.3. The van der Waals surface area contributed by atoms with Crippen molar-refractivity contribution in [3.05, 3.63) is 29.8 Å². The Morgan fingerprint density at radius 2 is 1.78 bits per heavy atom. The number of nitrogens with two attached hydrogens (primary N) is 1. The molecule has 2 rings (SSSR count). The lowest BCUT2D eigenvalue weighted by molar-refractivity contribution is -0.150. The first-order valence-electron chi connectivity index (χ1n) is 11.1. The maximum atomic E-state index is 13.2. The normalized spacial score (nSPS) is 15.4. The van der Waals surface area contributed by atoms with Gasteiger partial charge < -0.3 is 26.8 Å². The molecule has 6 N–H and O–H groups in total. The minimum Gasteiger partial charge on any atom is -0.392 e. The van der Waals surface area contributed by atoms with Gasteiger partial charge in [-0.15, -0.1) is 0 Å². The molecule has 0 aromatic heterocycles. The molecule has 9 nitrogen and oxygen atoms in total. The Morgan fingerprint density at radius 3 is 2.28 bits per heavy atom. The molecule has 4 amide bonds. The number of ketones is 1. The summed E-state index contributed by atoms with van der Waals surface area (Å²) in [5.74, 6) is -1.47. The van der Waals surface area contributed by atoms with Crippen LogP contribution in [0.5, 0.6) is 0 Å². The van der Waals surface area contributed by atoms with Crippen molar-refractivity contribution in [3.8, 4) is 0 Å². The predicted octanol–water partition coefficient (Wildman–Crippen LogP) is 1.84. The van der Waals surface area contributed by atoms with E-state index in [4.69, 9.17) is 10.8 Å². The van der Waals surface area contributed by atoms with E-state index in [1.165, 1.54) is 0 Å². The number of Topliss-reactive ketones (excluding diaryl/α,β-unsaturated/α-hetero) is 1. The summed E-state index contributed by atoms with van der Waals surface area (Å²) in [4.78, 5) is 49.8. The van der Waals surface area contributed by atoms with E-state index >= 15 is 0 Å². The molecule has 0 radical (unpaired) electrons. The van der Waals surface area contributed by atoms with Crippen LogP contribution in [-0.2, 0) is 21.0 Å². The van der Waals surface area contributed by atoms with E-state index in [1.54, 1.807) is 24.3 Å². The SMILES string of the molecule is CC(C)NC(=O)C1(C(=O)C[C@@H](CCCNC(N)=O)C(=O)Nc2ccc(CO)cc2)CCC1. The molecule has 9 heteroatoms. The van der Waals surface area contributed by atoms with Gasteiger partial charge in [0.15, 0.2) is 0 Å². The standard InChI is InChI=1S/C23H34N4O5/c1-15(2)26-21(31)23(10-4-11-23)19(29)13-17(5-3-12-25-22(24)32)20(30)27-18-8-6-16(14-28)7-9-18/h6-9,15,17,28H,3-5,10-14H2,1-2H3,(H,26,31)(H,27,30)(H3,24,25,32)/t17-/m1/s1. The topological polar surface area (TPSA) is 151 Å². The molecule has 0 unspecified atom stereocenters. The van der Waals surface area contributed by atoms with E-state index in [0.29, 0.717) is 31.4 Å². The van der Waals surface area contributed by atoms with Crippen LogP contribution in [-0.4, -0.2) is 41.3 Å². The van der Waals surface area contributed by atoms with Gasteiger partial charge in [0.05, 0.1) is 6.61 Å². The van der Waals surface area contributed by atoms with Gasteiger partial charge in [-0.25, -0.2) is 4.79 Å². The first-order chi connectivity index (χ1) is 15.2. The molecule has 1 atom stereocenters. The zero-order valence-corrected chi connectivity index (χ0v) is 18.8. The number of hydrogen-bond donors (Lipinski definition) is 5. The number of amides is 4. The number of carbonyl (C=O) groups is 4. The van der Waals surface area contributed by atoms with Gasteiger partial charge in [-0.2, -0.15) is 0 Å². The average Bonchev–Trinajstić information content (AvgIpc) is 2.69. The lowest BCUT2D eigenvalue weighted by Gasteiger charge is -2.40. The lowest BCUT2D eigenvalue weighted by Crippen LogP contribution is -2.53. The molecule has 1 aliphatic rings. The van der Waals surface area contributed by atoms with Gasteiger partial charge in [-0.05, 0) is 57.2 Å². The second kappa shape index (κ2) is 11.6. The molecular formula is C23H34N4O5. The molecular weight excluding hydrogens is 412 g/mol. The molecule has 1 aromatic rings. The van der Waals surface area contributed by atoms with Crippen LogP contribution in [0.25, 0.3) is 0 Å². The van der Waals surface area contributed by atoms with E-state index in [2.05, 4.69) is 16.0 Å². The second-order valence-electron chi connectivity index (χ2n) is 8.67. The fourth-order valence-electron chi connectivity index (χ4n) is 3.81. The Labute approximate surface area is 188 Å². The van der Waals surface area contributed by atoms with E-state index in [-0.39, 0.29) is 43.2 Å². The van der Waals surface area contributed by atoms with Gasteiger partial charge in [0.25, 0.3) is 0 Å². The van der Waals surface area contributed by atoms with E-state index in [9.17, 15) is 19.2 Å². The van der Waals surface area contributed by atoms with Crippen molar-refractivity contribution in [3.63, 3.8) is 0 Å². The van der Waals surface area contributed by atoms with Crippen LogP contribution in [0, 0.1) is 11.3 Å².